The van der Waals surface area contributed by atoms with Crippen LogP contribution in [0.4, 0.5) is 11.4 Å². The molecule has 3 aliphatic rings. The van der Waals surface area contributed by atoms with Gasteiger partial charge in [0.05, 0.1) is 0 Å². The minimum Gasteiger partial charge on any atom is -0.371 e. The fourth-order valence-corrected chi connectivity index (χ4v) is 4.54. The predicted molar refractivity (Wildman–Crippen MR) is 98.5 cm³/mol. The molecular weight excluding hydrogens is 312 g/mol. The Hall–Kier alpha value is -2.30. The molecule has 5 nitrogen and oxygen atoms in total. The molecule has 1 aliphatic carbocycles. The van der Waals surface area contributed by atoms with Gasteiger partial charge in [-0.25, -0.2) is 0 Å². The number of H-pyrrole nitrogens is 1. The predicted octanol–water partition coefficient (Wildman–Crippen LogP) is 3.09. The molecule has 1 aromatic carbocycles. The van der Waals surface area contributed by atoms with Crippen LogP contribution >= 0.6 is 0 Å². The van der Waals surface area contributed by atoms with Crippen LogP contribution in [0.25, 0.3) is 0 Å². The average molecular weight is 336 g/mol. The van der Waals surface area contributed by atoms with Crippen molar-refractivity contribution >= 4 is 17.3 Å². The van der Waals surface area contributed by atoms with Crippen molar-refractivity contribution in [3.05, 3.63) is 40.7 Å². The van der Waals surface area contributed by atoms with Gasteiger partial charge in [-0.2, -0.15) is 5.10 Å². The van der Waals surface area contributed by atoms with E-state index in [1.807, 2.05) is 4.90 Å². The first-order valence-corrected chi connectivity index (χ1v) is 9.57. The Balaban J connectivity index is 1.47. The average Bonchev–Trinajstić information content (AvgIpc) is 3.39. The van der Waals surface area contributed by atoms with Gasteiger partial charge in [0.1, 0.15) is 0 Å². The van der Waals surface area contributed by atoms with Gasteiger partial charge in [0.2, 0.25) is 0 Å². The number of aromatic amines is 1. The Morgan fingerprint density at radius 2 is 1.84 bits per heavy atom. The molecule has 2 aromatic rings. The Morgan fingerprint density at radius 1 is 1.00 bits per heavy atom. The third-order valence-corrected chi connectivity index (χ3v) is 5.94. The van der Waals surface area contributed by atoms with Crippen molar-refractivity contribution in [3.8, 4) is 0 Å². The number of nitrogens with zero attached hydrogens (tertiary/aromatic N) is 3. The minimum atomic E-state index is 0.0664. The van der Waals surface area contributed by atoms with E-state index in [1.54, 1.807) is 0 Å². The zero-order valence-corrected chi connectivity index (χ0v) is 14.6. The summed E-state index contributed by atoms with van der Waals surface area (Å²) >= 11 is 0. The van der Waals surface area contributed by atoms with Crippen molar-refractivity contribution in [2.24, 2.45) is 0 Å². The normalized spacial score (nSPS) is 19.2. The molecule has 25 heavy (non-hydrogen) atoms. The highest BCUT2D eigenvalue weighted by molar-refractivity contribution is 6.07. The molecule has 2 aliphatic heterocycles. The number of nitrogens with one attached hydrogen (secondary N) is 1. The number of hydrogen-bond donors (Lipinski definition) is 1. The number of benzene rings is 1. The first kappa shape index (κ1) is 15.0. The number of rotatable bonds is 2. The lowest BCUT2D eigenvalue weighted by atomic mass is 9.95. The van der Waals surface area contributed by atoms with E-state index in [2.05, 4.69) is 33.3 Å². The summed E-state index contributed by atoms with van der Waals surface area (Å²) in [5.41, 5.74) is 6.58. The van der Waals surface area contributed by atoms with Crippen LogP contribution in [-0.2, 0) is 19.3 Å². The van der Waals surface area contributed by atoms with Crippen molar-refractivity contribution in [2.45, 2.75) is 44.9 Å². The van der Waals surface area contributed by atoms with E-state index >= 15 is 0 Å². The zero-order valence-electron chi connectivity index (χ0n) is 14.6. The van der Waals surface area contributed by atoms with Crippen LogP contribution in [0.3, 0.4) is 0 Å². The van der Waals surface area contributed by atoms with Crippen LogP contribution in [0.15, 0.2) is 18.2 Å². The number of aryl methyl sites for hydroxylation is 1. The molecule has 0 radical (unpaired) electrons. The zero-order chi connectivity index (χ0) is 16.8. The summed E-state index contributed by atoms with van der Waals surface area (Å²) in [6.45, 7) is 3.01. The molecule has 1 saturated heterocycles. The molecule has 5 heteroatoms. The van der Waals surface area contributed by atoms with Gasteiger partial charge < -0.3 is 9.80 Å². The summed E-state index contributed by atoms with van der Waals surface area (Å²) in [6.07, 6.45) is 7.80. The van der Waals surface area contributed by atoms with Crippen molar-refractivity contribution in [2.75, 3.05) is 29.4 Å². The van der Waals surface area contributed by atoms with Gasteiger partial charge in [-0.15, -0.1) is 0 Å². The van der Waals surface area contributed by atoms with Crippen LogP contribution < -0.4 is 9.80 Å². The number of hydrogen-bond acceptors (Lipinski definition) is 3. The maximum absolute atomic E-state index is 13.2. The molecule has 0 saturated carbocycles. The van der Waals surface area contributed by atoms with E-state index < -0.39 is 0 Å². The number of fused-ring (bicyclic) bond motifs is 2. The van der Waals surface area contributed by atoms with E-state index in [0.717, 1.165) is 56.6 Å². The quantitative estimate of drug-likeness (QED) is 0.917. The third kappa shape index (κ3) is 2.44. The van der Waals surface area contributed by atoms with E-state index in [-0.39, 0.29) is 5.91 Å². The Bertz CT molecular complexity index is 819. The molecule has 0 unspecified atom stereocenters. The van der Waals surface area contributed by atoms with Gasteiger partial charge in [0, 0.05) is 42.3 Å². The summed E-state index contributed by atoms with van der Waals surface area (Å²) in [6, 6.07) is 6.63. The highest BCUT2D eigenvalue weighted by atomic mass is 16.2. The van der Waals surface area contributed by atoms with Gasteiger partial charge in [-0.1, -0.05) is 6.07 Å². The van der Waals surface area contributed by atoms with Crippen molar-refractivity contribution in [3.63, 3.8) is 0 Å². The number of carbonyl (C=O) groups is 1. The molecule has 1 fully saturated rings. The molecule has 1 aromatic heterocycles. The fourth-order valence-electron chi connectivity index (χ4n) is 4.54. The molecule has 1 N–H and O–H groups in total. The number of anilines is 2. The lowest BCUT2D eigenvalue weighted by Crippen LogP contribution is -2.30. The maximum atomic E-state index is 13.2. The summed E-state index contributed by atoms with van der Waals surface area (Å²) in [5, 5.41) is 7.49. The van der Waals surface area contributed by atoms with Crippen molar-refractivity contribution in [1.82, 2.24) is 10.2 Å². The first-order valence-electron chi connectivity index (χ1n) is 9.57. The summed E-state index contributed by atoms with van der Waals surface area (Å²) < 4.78 is 0. The summed E-state index contributed by atoms with van der Waals surface area (Å²) in [7, 11) is 0. The molecular formula is C20H24N4O. The highest BCUT2D eigenvalue weighted by Crippen LogP contribution is 2.35. The van der Waals surface area contributed by atoms with Crippen molar-refractivity contribution < 1.29 is 4.79 Å². The molecule has 1 amide bonds. The SMILES string of the molecule is O=C(c1n[nH]c2c1CCCC2)N1CCc2ccc(N3CCCC3)cc21. The summed E-state index contributed by atoms with van der Waals surface area (Å²) in [5.74, 6) is 0.0664. The third-order valence-electron chi connectivity index (χ3n) is 5.94. The number of amides is 1. The minimum absolute atomic E-state index is 0.0664. The maximum Gasteiger partial charge on any atom is 0.279 e. The molecule has 0 atom stereocenters. The molecule has 3 heterocycles. The van der Waals surface area contributed by atoms with Gasteiger partial charge in [0.25, 0.3) is 5.91 Å². The van der Waals surface area contributed by atoms with E-state index in [0.29, 0.717) is 5.69 Å². The Kier molecular flexibility index (Phi) is 3.54. The van der Waals surface area contributed by atoms with Gasteiger partial charge in [0.15, 0.2) is 5.69 Å². The number of carbonyl (C=O) groups excluding carboxylic acids is 1. The number of aromatic nitrogens is 2. The highest BCUT2D eigenvalue weighted by Gasteiger charge is 2.31. The molecule has 130 valence electrons. The second kappa shape index (κ2) is 5.90. The van der Waals surface area contributed by atoms with E-state index in [4.69, 9.17) is 0 Å². The molecule has 0 spiro atoms. The lowest BCUT2D eigenvalue weighted by molar-refractivity contribution is 0.0983. The van der Waals surface area contributed by atoms with Crippen LogP contribution in [0.5, 0.6) is 0 Å². The fraction of sp³-hybridized carbons (Fsp3) is 0.500. The second-order valence-corrected chi connectivity index (χ2v) is 7.45. The second-order valence-electron chi connectivity index (χ2n) is 7.45. The van der Waals surface area contributed by atoms with Gasteiger partial charge in [-0.3, -0.25) is 9.89 Å². The Labute approximate surface area is 148 Å². The smallest absolute Gasteiger partial charge is 0.279 e. The van der Waals surface area contributed by atoms with E-state index in [9.17, 15) is 4.79 Å². The van der Waals surface area contributed by atoms with Gasteiger partial charge >= 0.3 is 0 Å². The Morgan fingerprint density at radius 3 is 2.72 bits per heavy atom. The largest absolute Gasteiger partial charge is 0.371 e. The van der Waals surface area contributed by atoms with Crippen LogP contribution in [0.1, 0.15) is 53.0 Å². The monoisotopic (exact) mass is 336 g/mol. The molecule has 0 bridgehead atoms. The topological polar surface area (TPSA) is 52.2 Å². The van der Waals surface area contributed by atoms with Crippen molar-refractivity contribution in [1.29, 1.82) is 0 Å². The van der Waals surface area contributed by atoms with Crippen LogP contribution in [-0.4, -0.2) is 35.7 Å². The van der Waals surface area contributed by atoms with Crippen LogP contribution in [0.2, 0.25) is 0 Å². The van der Waals surface area contributed by atoms with E-state index in [1.165, 1.54) is 36.2 Å². The first-order chi connectivity index (χ1) is 12.3. The standard InChI is InChI=1S/C20H24N4O/c25-20(19-16-5-1-2-6-17(16)21-22-19)24-12-9-14-7-8-15(13-18(14)24)23-10-3-4-11-23/h7-8,13H,1-6,9-12H2,(H,21,22). The molecule has 5 rings (SSSR count). The lowest BCUT2D eigenvalue weighted by Gasteiger charge is -2.22. The summed E-state index contributed by atoms with van der Waals surface area (Å²) in [4.78, 5) is 17.6. The van der Waals surface area contributed by atoms with Crippen LogP contribution in [0, 0.1) is 0 Å². The van der Waals surface area contributed by atoms with Gasteiger partial charge in [-0.05, 0) is 62.6 Å².